The van der Waals surface area contributed by atoms with Crippen molar-refractivity contribution >= 4 is 11.7 Å². The minimum absolute atomic E-state index is 0.0715. The molecule has 0 aromatic carbocycles. The van der Waals surface area contributed by atoms with Crippen molar-refractivity contribution in [2.45, 2.75) is 39.7 Å². The molecule has 2 atom stereocenters. The lowest BCUT2D eigenvalue weighted by molar-refractivity contribution is -0.134. The number of nitrogens with one attached hydrogen (secondary N) is 1. The van der Waals surface area contributed by atoms with Crippen LogP contribution in [0.5, 0.6) is 0 Å². The van der Waals surface area contributed by atoms with Crippen molar-refractivity contribution in [1.29, 1.82) is 5.26 Å². The lowest BCUT2D eigenvalue weighted by atomic mass is 9.80. The van der Waals surface area contributed by atoms with Gasteiger partial charge in [0.15, 0.2) is 5.78 Å². The number of rotatable bonds is 3. The monoisotopic (exact) mass is 208 g/mol. The molecular formula is C11H16N2O2. The lowest BCUT2D eigenvalue weighted by Gasteiger charge is -2.18. The van der Waals surface area contributed by atoms with E-state index in [9.17, 15) is 9.59 Å². The van der Waals surface area contributed by atoms with Crippen molar-refractivity contribution in [2.75, 3.05) is 0 Å². The summed E-state index contributed by atoms with van der Waals surface area (Å²) in [4.78, 5) is 23.7. The van der Waals surface area contributed by atoms with Crippen LogP contribution in [0.3, 0.4) is 0 Å². The SMILES string of the molecule is CC(C)[C@@H]1NC(=O)[C@@](C)(CCC#N)C1=O. The van der Waals surface area contributed by atoms with Crippen LogP contribution in [-0.2, 0) is 9.59 Å². The molecule has 1 amide bonds. The van der Waals surface area contributed by atoms with E-state index in [0.29, 0.717) is 6.42 Å². The maximum Gasteiger partial charge on any atom is 0.234 e. The lowest BCUT2D eigenvalue weighted by Crippen LogP contribution is -2.34. The summed E-state index contributed by atoms with van der Waals surface area (Å²) in [5, 5.41) is 11.2. The van der Waals surface area contributed by atoms with Gasteiger partial charge in [0.2, 0.25) is 5.91 Å². The van der Waals surface area contributed by atoms with E-state index in [2.05, 4.69) is 5.32 Å². The first kappa shape index (κ1) is 11.7. The molecule has 1 N–H and O–H groups in total. The Hall–Kier alpha value is -1.37. The Morgan fingerprint density at radius 3 is 2.53 bits per heavy atom. The molecular weight excluding hydrogens is 192 g/mol. The molecule has 1 saturated heterocycles. The predicted octanol–water partition coefficient (Wildman–Crippen LogP) is 1.02. The number of ketones is 1. The maximum absolute atomic E-state index is 12.0. The highest BCUT2D eigenvalue weighted by Gasteiger charge is 2.51. The zero-order valence-corrected chi connectivity index (χ0v) is 9.33. The van der Waals surface area contributed by atoms with E-state index in [1.807, 2.05) is 19.9 Å². The molecule has 0 bridgehead atoms. The van der Waals surface area contributed by atoms with Crippen molar-refractivity contribution in [3.63, 3.8) is 0 Å². The van der Waals surface area contributed by atoms with Gasteiger partial charge in [-0.2, -0.15) is 5.26 Å². The van der Waals surface area contributed by atoms with Crippen molar-refractivity contribution in [3.8, 4) is 6.07 Å². The average molecular weight is 208 g/mol. The minimum Gasteiger partial charge on any atom is -0.345 e. The number of amides is 1. The zero-order chi connectivity index (χ0) is 11.6. The van der Waals surface area contributed by atoms with Crippen molar-refractivity contribution in [2.24, 2.45) is 11.3 Å². The van der Waals surface area contributed by atoms with Crippen LogP contribution in [0.1, 0.15) is 33.6 Å². The maximum atomic E-state index is 12.0. The first-order valence-corrected chi connectivity index (χ1v) is 5.15. The van der Waals surface area contributed by atoms with Gasteiger partial charge < -0.3 is 5.32 Å². The van der Waals surface area contributed by atoms with Crippen molar-refractivity contribution in [1.82, 2.24) is 5.32 Å². The van der Waals surface area contributed by atoms with Crippen molar-refractivity contribution < 1.29 is 9.59 Å². The van der Waals surface area contributed by atoms with Gasteiger partial charge in [-0.15, -0.1) is 0 Å². The van der Waals surface area contributed by atoms with Gasteiger partial charge in [0, 0.05) is 6.42 Å². The number of carbonyl (C=O) groups excluding carboxylic acids is 2. The molecule has 0 aromatic rings. The van der Waals surface area contributed by atoms with E-state index in [0.717, 1.165) is 0 Å². The molecule has 1 aliphatic rings. The van der Waals surface area contributed by atoms with Crippen LogP contribution in [0.25, 0.3) is 0 Å². The van der Waals surface area contributed by atoms with Gasteiger partial charge in [-0.05, 0) is 19.3 Å². The number of hydrogen-bond donors (Lipinski definition) is 1. The second kappa shape index (κ2) is 4.01. The highest BCUT2D eigenvalue weighted by molar-refractivity contribution is 6.14. The van der Waals surface area contributed by atoms with Gasteiger partial charge in [-0.25, -0.2) is 0 Å². The fourth-order valence-electron chi connectivity index (χ4n) is 1.83. The molecule has 1 rings (SSSR count). The largest absolute Gasteiger partial charge is 0.345 e. The molecule has 0 saturated carbocycles. The summed E-state index contributed by atoms with van der Waals surface area (Å²) >= 11 is 0. The van der Waals surface area contributed by atoms with Crippen molar-refractivity contribution in [3.05, 3.63) is 0 Å². The first-order chi connectivity index (χ1) is 6.93. The third-order valence-corrected chi connectivity index (χ3v) is 3.02. The number of Topliss-reactive ketones (excluding diaryl/α,β-unsaturated/α-hetero) is 1. The van der Waals surface area contributed by atoms with Crippen LogP contribution in [0.15, 0.2) is 0 Å². The molecule has 0 spiro atoms. The molecule has 1 aliphatic heterocycles. The van der Waals surface area contributed by atoms with Crippen LogP contribution in [0, 0.1) is 22.7 Å². The Kier molecular flexibility index (Phi) is 3.13. The molecule has 1 fully saturated rings. The molecule has 0 radical (unpaired) electrons. The molecule has 4 heteroatoms. The quantitative estimate of drug-likeness (QED) is 0.704. The summed E-state index contributed by atoms with van der Waals surface area (Å²) in [6.45, 7) is 5.43. The van der Waals surface area contributed by atoms with Gasteiger partial charge in [-0.3, -0.25) is 9.59 Å². The van der Waals surface area contributed by atoms with Gasteiger partial charge in [-0.1, -0.05) is 13.8 Å². The second-order valence-corrected chi connectivity index (χ2v) is 4.55. The van der Waals surface area contributed by atoms with Crippen LogP contribution < -0.4 is 5.32 Å². The summed E-state index contributed by atoms with van der Waals surface area (Å²) in [5.41, 5.74) is -0.995. The zero-order valence-electron chi connectivity index (χ0n) is 9.33. The van der Waals surface area contributed by atoms with Crippen LogP contribution >= 0.6 is 0 Å². The second-order valence-electron chi connectivity index (χ2n) is 4.55. The van der Waals surface area contributed by atoms with E-state index in [1.54, 1.807) is 6.92 Å². The van der Waals surface area contributed by atoms with Gasteiger partial charge in [0.1, 0.15) is 5.41 Å². The third kappa shape index (κ3) is 1.87. The average Bonchev–Trinajstić information content (AvgIpc) is 2.40. The van der Waals surface area contributed by atoms with Crippen LogP contribution in [0.2, 0.25) is 0 Å². The fourth-order valence-corrected chi connectivity index (χ4v) is 1.83. The molecule has 4 nitrogen and oxygen atoms in total. The Morgan fingerprint density at radius 1 is 1.53 bits per heavy atom. The Labute approximate surface area is 89.6 Å². The van der Waals surface area contributed by atoms with Crippen LogP contribution in [0.4, 0.5) is 0 Å². The highest BCUT2D eigenvalue weighted by atomic mass is 16.2. The van der Waals surface area contributed by atoms with Gasteiger partial charge in [0.25, 0.3) is 0 Å². The molecule has 1 heterocycles. The summed E-state index contributed by atoms with van der Waals surface area (Å²) in [5.74, 6) is -0.204. The van der Waals surface area contributed by atoms with E-state index < -0.39 is 5.41 Å². The molecule has 15 heavy (non-hydrogen) atoms. The number of nitriles is 1. The van der Waals surface area contributed by atoms with E-state index in [-0.39, 0.29) is 30.1 Å². The molecule has 0 unspecified atom stereocenters. The summed E-state index contributed by atoms with van der Waals surface area (Å²) in [6.07, 6.45) is 0.553. The summed E-state index contributed by atoms with van der Waals surface area (Å²) in [6, 6.07) is 1.58. The topological polar surface area (TPSA) is 70.0 Å². The van der Waals surface area contributed by atoms with Gasteiger partial charge >= 0.3 is 0 Å². The Balaban J connectivity index is 2.87. The summed E-state index contributed by atoms with van der Waals surface area (Å²) < 4.78 is 0. The van der Waals surface area contributed by atoms with Crippen LogP contribution in [-0.4, -0.2) is 17.7 Å². The smallest absolute Gasteiger partial charge is 0.234 e. The van der Waals surface area contributed by atoms with E-state index in [4.69, 9.17) is 5.26 Å². The number of nitrogens with zero attached hydrogens (tertiary/aromatic N) is 1. The normalized spacial score (nSPS) is 30.5. The molecule has 0 aromatic heterocycles. The third-order valence-electron chi connectivity index (χ3n) is 3.02. The first-order valence-electron chi connectivity index (χ1n) is 5.15. The number of carbonyl (C=O) groups is 2. The van der Waals surface area contributed by atoms with E-state index in [1.165, 1.54) is 0 Å². The Morgan fingerprint density at radius 2 is 2.13 bits per heavy atom. The van der Waals surface area contributed by atoms with E-state index >= 15 is 0 Å². The predicted molar refractivity (Wildman–Crippen MR) is 54.7 cm³/mol. The summed E-state index contributed by atoms with van der Waals surface area (Å²) in [7, 11) is 0. The Bertz CT molecular complexity index is 330. The minimum atomic E-state index is -0.995. The highest BCUT2D eigenvalue weighted by Crippen LogP contribution is 2.33. The van der Waals surface area contributed by atoms with Gasteiger partial charge in [0.05, 0.1) is 12.1 Å². The fraction of sp³-hybridized carbons (Fsp3) is 0.727. The molecule has 82 valence electrons. The number of hydrogen-bond acceptors (Lipinski definition) is 3. The standard InChI is InChI=1S/C11H16N2O2/c1-7(2)8-9(14)11(3,5-4-6-12)10(15)13-8/h7-8H,4-5H2,1-3H3,(H,13,15)/t8-,11-/m0/s1. The molecule has 0 aliphatic carbocycles.